The molecule has 1 N–H and O–H groups in total. The first-order valence-corrected chi connectivity index (χ1v) is 12.3. The van der Waals surface area contributed by atoms with Crippen LogP contribution in [0.4, 0.5) is 20.3 Å². The van der Waals surface area contributed by atoms with Crippen LogP contribution in [0.1, 0.15) is 48.8 Å². The molecule has 3 aromatic rings. The number of fused-ring (bicyclic) bond motifs is 5. The highest BCUT2D eigenvalue weighted by Gasteiger charge is 2.40. The molecule has 6 rings (SSSR count). The molecule has 1 unspecified atom stereocenters. The minimum atomic E-state index is -2.78. The van der Waals surface area contributed by atoms with Crippen molar-refractivity contribution in [1.29, 1.82) is 0 Å². The molecule has 0 spiro atoms. The zero-order valence-corrected chi connectivity index (χ0v) is 20.5. The number of hydrogen-bond acceptors (Lipinski definition) is 7. The van der Waals surface area contributed by atoms with Crippen LogP contribution in [0.25, 0.3) is 11.0 Å². The summed E-state index contributed by atoms with van der Waals surface area (Å²) in [4.78, 5) is 29.9. The Morgan fingerprint density at radius 1 is 1.25 bits per heavy atom. The third-order valence-corrected chi connectivity index (χ3v) is 7.51. The molecule has 1 aliphatic carbocycles. The van der Waals surface area contributed by atoms with Gasteiger partial charge in [-0.2, -0.15) is 4.98 Å². The average Bonchev–Trinajstić information content (AvgIpc) is 3.17. The van der Waals surface area contributed by atoms with Gasteiger partial charge in [0.05, 0.1) is 17.5 Å². The summed E-state index contributed by atoms with van der Waals surface area (Å²) in [6.45, 7) is 7.72. The number of amides is 1. The van der Waals surface area contributed by atoms with E-state index in [-0.39, 0.29) is 30.0 Å². The molecule has 2 aromatic heterocycles. The third kappa shape index (κ3) is 3.70. The van der Waals surface area contributed by atoms with E-state index in [9.17, 15) is 13.6 Å². The molecule has 10 heteroatoms. The van der Waals surface area contributed by atoms with E-state index in [4.69, 9.17) is 9.72 Å². The number of hydrogen-bond donors (Lipinski definition) is 1. The monoisotopic (exact) mass is 494 g/mol. The lowest BCUT2D eigenvalue weighted by atomic mass is 9.97. The third-order valence-electron chi connectivity index (χ3n) is 7.51. The molecule has 188 valence electrons. The number of benzene rings is 1. The number of rotatable bonds is 3. The minimum Gasteiger partial charge on any atom is -0.474 e. The van der Waals surface area contributed by atoms with E-state index in [0.29, 0.717) is 61.4 Å². The van der Waals surface area contributed by atoms with Crippen LogP contribution in [0.2, 0.25) is 0 Å². The van der Waals surface area contributed by atoms with Crippen molar-refractivity contribution < 1.29 is 18.3 Å². The van der Waals surface area contributed by atoms with Crippen LogP contribution in [-0.2, 0) is 17.1 Å². The number of nitrogens with one attached hydrogen (secondary N) is 1. The summed E-state index contributed by atoms with van der Waals surface area (Å²) >= 11 is 0. The fourth-order valence-corrected chi connectivity index (χ4v) is 5.67. The zero-order valence-electron chi connectivity index (χ0n) is 20.5. The van der Waals surface area contributed by atoms with Gasteiger partial charge in [-0.3, -0.25) is 4.79 Å². The number of nitrogens with zero attached hydrogens (tertiary/aromatic N) is 5. The number of alkyl halides is 2. The van der Waals surface area contributed by atoms with Crippen LogP contribution in [0, 0.1) is 6.92 Å². The summed E-state index contributed by atoms with van der Waals surface area (Å²) in [5, 5.41) is 4.19. The van der Waals surface area contributed by atoms with Crippen molar-refractivity contribution in [3.8, 4) is 5.88 Å². The van der Waals surface area contributed by atoms with Crippen LogP contribution >= 0.6 is 0 Å². The largest absolute Gasteiger partial charge is 0.474 e. The van der Waals surface area contributed by atoms with Gasteiger partial charge < -0.3 is 19.9 Å². The van der Waals surface area contributed by atoms with Gasteiger partial charge in [-0.05, 0) is 37.5 Å². The van der Waals surface area contributed by atoms with Gasteiger partial charge in [0.25, 0.3) is 5.92 Å². The zero-order chi connectivity index (χ0) is 25.2. The highest BCUT2D eigenvalue weighted by molar-refractivity contribution is 5.91. The van der Waals surface area contributed by atoms with Crippen molar-refractivity contribution in [2.24, 2.45) is 0 Å². The minimum absolute atomic E-state index is 0.0460. The van der Waals surface area contributed by atoms with Crippen LogP contribution in [0.15, 0.2) is 24.3 Å². The van der Waals surface area contributed by atoms with E-state index in [0.717, 1.165) is 16.6 Å². The maximum absolute atomic E-state index is 14.3. The van der Waals surface area contributed by atoms with Crippen LogP contribution < -0.4 is 15.0 Å². The summed E-state index contributed by atoms with van der Waals surface area (Å²) in [5.74, 6) is -1.04. The smallest absolute Gasteiger partial charge is 0.273 e. The highest BCUT2D eigenvalue weighted by Crippen LogP contribution is 2.44. The number of aromatic nitrogens is 3. The Labute approximate surface area is 207 Å². The van der Waals surface area contributed by atoms with Gasteiger partial charge in [-0.1, -0.05) is 18.2 Å². The predicted molar refractivity (Wildman–Crippen MR) is 132 cm³/mol. The molecular formula is C26H28F2N6O2. The predicted octanol–water partition coefficient (Wildman–Crippen LogP) is 3.97. The van der Waals surface area contributed by atoms with Crippen LogP contribution in [0.5, 0.6) is 5.88 Å². The molecule has 2 aliphatic heterocycles. The summed E-state index contributed by atoms with van der Waals surface area (Å²) in [6.07, 6.45) is 0.198. The van der Waals surface area contributed by atoms with Crippen LogP contribution in [-0.4, -0.2) is 58.0 Å². The molecular weight excluding hydrogens is 466 g/mol. The van der Waals surface area contributed by atoms with E-state index >= 15 is 0 Å². The van der Waals surface area contributed by atoms with Gasteiger partial charge >= 0.3 is 0 Å². The standard InChI is InChI=1S/C26H28F2N6O2/c1-14(18-5-4-6-21-19(18)7-8-26(21,27)28)29-23-20-11-22-25(32-24(20)31-15(2)30-23)36-13-17-12-33(16(3)35)9-10-34(17)22/h4-6,11,14,17H,7-10,12-13H2,1-3H3,(H,29,30,31,32)/t14-,17?/m1/s1. The maximum Gasteiger partial charge on any atom is 0.273 e. The van der Waals surface area contributed by atoms with Crippen molar-refractivity contribution in [2.45, 2.75) is 51.6 Å². The summed E-state index contributed by atoms with van der Waals surface area (Å²) in [5.41, 5.74) is 3.06. The second-order valence-electron chi connectivity index (χ2n) is 9.87. The first-order chi connectivity index (χ1) is 17.2. The molecule has 4 heterocycles. The Kier molecular flexibility index (Phi) is 5.24. The lowest BCUT2D eigenvalue weighted by Gasteiger charge is -2.44. The van der Waals surface area contributed by atoms with Gasteiger partial charge in [-0.15, -0.1) is 0 Å². The van der Waals surface area contributed by atoms with Gasteiger partial charge in [0.1, 0.15) is 23.9 Å². The number of pyridine rings is 1. The Bertz CT molecular complexity index is 1380. The Morgan fingerprint density at radius 2 is 2.08 bits per heavy atom. The SMILES string of the molecule is CC(=O)N1CCN2c3cc4c(N[C@H](C)c5cccc6c5CCC6(F)F)nc(C)nc4nc3OCC2C1. The lowest BCUT2D eigenvalue weighted by Crippen LogP contribution is -2.58. The number of piperazine rings is 1. The number of anilines is 2. The van der Waals surface area contributed by atoms with Crippen molar-refractivity contribution in [3.63, 3.8) is 0 Å². The molecule has 36 heavy (non-hydrogen) atoms. The molecule has 1 aromatic carbocycles. The average molecular weight is 495 g/mol. The molecule has 1 saturated heterocycles. The number of aryl methyl sites for hydroxylation is 1. The van der Waals surface area contributed by atoms with Gasteiger partial charge in [0, 0.05) is 38.5 Å². The normalized spacial score (nSPS) is 20.9. The van der Waals surface area contributed by atoms with Crippen molar-refractivity contribution in [2.75, 3.05) is 36.5 Å². The van der Waals surface area contributed by atoms with Gasteiger partial charge in [0.15, 0.2) is 5.65 Å². The molecule has 0 saturated carbocycles. The fourth-order valence-electron chi connectivity index (χ4n) is 5.67. The quantitative estimate of drug-likeness (QED) is 0.590. The molecule has 8 nitrogen and oxygen atoms in total. The van der Waals surface area contributed by atoms with Crippen molar-refractivity contribution >= 4 is 28.4 Å². The molecule has 3 aliphatic rings. The van der Waals surface area contributed by atoms with E-state index in [1.807, 2.05) is 24.0 Å². The first-order valence-electron chi connectivity index (χ1n) is 12.3. The van der Waals surface area contributed by atoms with Crippen molar-refractivity contribution in [3.05, 3.63) is 46.8 Å². The van der Waals surface area contributed by atoms with E-state index in [1.54, 1.807) is 19.9 Å². The summed E-state index contributed by atoms with van der Waals surface area (Å²) in [7, 11) is 0. The van der Waals surface area contributed by atoms with E-state index < -0.39 is 5.92 Å². The topological polar surface area (TPSA) is 83.5 Å². The summed E-state index contributed by atoms with van der Waals surface area (Å²) < 4.78 is 34.7. The Balaban J connectivity index is 1.36. The summed E-state index contributed by atoms with van der Waals surface area (Å²) in [6, 6.07) is 6.92. The number of halogens is 2. The van der Waals surface area contributed by atoms with Crippen molar-refractivity contribution in [1.82, 2.24) is 19.9 Å². The molecule has 0 bridgehead atoms. The van der Waals surface area contributed by atoms with Gasteiger partial charge in [-0.25, -0.2) is 18.7 Å². The van der Waals surface area contributed by atoms with Crippen LogP contribution in [0.3, 0.4) is 0 Å². The fraction of sp³-hybridized carbons (Fsp3) is 0.462. The van der Waals surface area contributed by atoms with Gasteiger partial charge in [0.2, 0.25) is 11.8 Å². The molecule has 1 fully saturated rings. The molecule has 0 radical (unpaired) electrons. The second-order valence-corrected chi connectivity index (χ2v) is 9.87. The second kappa shape index (κ2) is 8.25. The first kappa shape index (κ1) is 22.9. The molecule has 2 atom stereocenters. The van der Waals surface area contributed by atoms with E-state index in [2.05, 4.69) is 20.2 Å². The number of ether oxygens (including phenoxy) is 1. The number of carbonyl (C=O) groups excluding carboxylic acids is 1. The molecule has 1 amide bonds. The highest BCUT2D eigenvalue weighted by atomic mass is 19.3. The lowest BCUT2D eigenvalue weighted by molar-refractivity contribution is -0.129. The Hall–Kier alpha value is -3.56. The van der Waals surface area contributed by atoms with E-state index in [1.165, 1.54) is 6.07 Å². The Morgan fingerprint density at radius 3 is 2.89 bits per heavy atom. The maximum atomic E-state index is 14.3. The number of carbonyl (C=O) groups is 1.